The van der Waals surface area contributed by atoms with Gasteiger partial charge in [-0.25, -0.2) is 0 Å². The third-order valence-corrected chi connectivity index (χ3v) is 5.60. The maximum absolute atomic E-state index is 13.1. The van der Waals surface area contributed by atoms with Crippen molar-refractivity contribution >= 4 is 5.91 Å². The second-order valence-corrected chi connectivity index (χ2v) is 7.65. The first-order chi connectivity index (χ1) is 14.7. The standard InChI is InChI=1S/C25H27N3O2/c1-26-24(29)25(19-28(15-16-30-25)18-22-12-7-8-14-27-22)17-21-11-5-6-13-23(21)20-9-3-2-4-10-20/h2-14H,15-19H2,1H3,(H,26,29). The summed E-state index contributed by atoms with van der Waals surface area (Å²) >= 11 is 0. The van der Waals surface area contributed by atoms with Crippen LogP contribution in [0.25, 0.3) is 11.1 Å². The first-order valence-electron chi connectivity index (χ1n) is 10.3. The summed E-state index contributed by atoms with van der Waals surface area (Å²) in [5.74, 6) is -0.0870. The Morgan fingerprint density at radius 2 is 1.83 bits per heavy atom. The van der Waals surface area contributed by atoms with Crippen LogP contribution in [0, 0.1) is 0 Å². The molecule has 0 aliphatic carbocycles. The zero-order chi connectivity index (χ0) is 20.8. The summed E-state index contributed by atoms with van der Waals surface area (Å²) < 4.78 is 6.21. The summed E-state index contributed by atoms with van der Waals surface area (Å²) in [5, 5.41) is 2.83. The highest BCUT2D eigenvalue weighted by Crippen LogP contribution is 2.30. The van der Waals surface area contributed by atoms with E-state index in [1.807, 2.05) is 48.5 Å². The number of benzene rings is 2. The Morgan fingerprint density at radius 1 is 1.07 bits per heavy atom. The molecule has 154 valence electrons. The van der Waals surface area contributed by atoms with Gasteiger partial charge in [-0.15, -0.1) is 0 Å². The van der Waals surface area contributed by atoms with Gasteiger partial charge < -0.3 is 10.1 Å². The van der Waals surface area contributed by atoms with E-state index in [-0.39, 0.29) is 5.91 Å². The Labute approximate surface area is 177 Å². The third kappa shape index (κ3) is 4.42. The molecule has 0 radical (unpaired) electrons. The molecule has 1 saturated heterocycles. The monoisotopic (exact) mass is 401 g/mol. The van der Waals surface area contributed by atoms with Crippen molar-refractivity contribution in [3.63, 3.8) is 0 Å². The number of rotatable bonds is 6. The fourth-order valence-corrected chi connectivity index (χ4v) is 4.15. The molecule has 1 aromatic heterocycles. The van der Waals surface area contributed by atoms with Crippen LogP contribution in [0.4, 0.5) is 0 Å². The number of carbonyl (C=O) groups is 1. The summed E-state index contributed by atoms with van der Waals surface area (Å²) in [7, 11) is 1.67. The normalized spacial score (nSPS) is 19.4. The van der Waals surface area contributed by atoms with E-state index in [0.29, 0.717) is 26.1 Å². The van der Waals surface area contributed by atoms with Crippen molar-refractivity contribution in [2.75, 3.05) is 26.7 Å². The van der Waals surface area contributed by atoms with Crippen LogP contribution in [0.1, 0.15) is 11.3 Å². The van der Waals surface area contributed by atoms with Gasteiger partial charge in [0.15, 0.2) is 5.60 Å². The average Bonchev–Trinajstić information content (AvgIpc) is 2.80. The highest BCUT2D eigenvalue weighted by molar-refractivity contribution is 5.86. The van der Waals surface area contributed by atoms with Crippen LogP contribution in [0.5, 0.6) is 0 Å². The van der Waals surface area contributed by atoms with Gasteiger partial charge in [-0.3, -0.25) is 14.7 Å². The van der Waals surface area contributed by atoms with Crippen LogP contribution >= 0.6 is 0 Å². The van der Waals surface area contributed by atoms with Gasteiger partial charge in [0.25, 0.3) is 5.91 Å². The molecule has 1 aliphatic rings. The number of carbonyl (C=O) groups excluding carboxylic acids is 1. The maximum Gasteiger partial charge on any atom is 0.253 e. The molecule has 1 atom stereocenters. The van der Waals surface area contributed by atoms with Crippen molar-refractivity contribution in [1.29, 1.82) is 0 Å². The van der Waals surface area contributed by atoms with Crippen LogP contribution in [0.2, 0.25) is 0 Å². The number of aromatic nitrogens is 1. The lowest BCUT2D eigenvalue weighted by Crippen LogP contribution is -2.60. The molecule has 1 unspecified atom stereocenters. The van der Waals surface area contributed by atoms with Crippen LogP contribution < -0.4 is 5.32 Å². The molecule has 2 aromatic carbocycles. The van der Waals surface area contributed by atoms with E-state index in [1.165, 1.54) is 0 Å². The minimum atomic E-state index is -0.938. The second kappa shape index (κ2) is 9.20. The zero-order valence-corrected chi connectivity index (χ0v) is 17.3. The number of likely N-dealkylation sites (N-methyl/N-ethyl adjacent to an activating group) is 1. The van der Waals surface area contributed by atoms with Gasteiger partial charge in [-0.05, 0) is 28.8 Å². The van der Waals surface area contributed by atoms with Crippen molar-refractivity contribution in [2.45, 2.75) is 18.6 Å². The number of hydrogen-bond acceptors (Lipinski definition) is 4. The largest absolute Gasteiger partial charge is 0.362 e. The number of morpholine rings is 1. The lowest BCUT2D eigenvalue weighted by molar-refractivity contribution is -0.160. The van der Waals surface area contributed by atoms with Gasteiger partial charge in [0.2, 0.25) is 0 Å². The predicted molar refractivity (Wildman–Crippen MR) is 118 cm³/mol. The summed E-state index contributed by atoms with van der Waals surface area (Å²) in [5.41, 5.74) is 3.43. The average molecular weight is 402 g/mol. The summed E-state index contributed by atoms with van der Waals surface area (Å²) in [6.45, 7) is 2.50. The highest BCUT2D eigenvalue weighted by Gasteiger charge is 2.43. The molecule has 1 fully saturated rings. The van der Waals surface area contributed by atoms with E-state index >= 15 is 0 Å². The first-order valence-corrected chi connectivity index (χ1v) is 10.3. The summed E-state index contributed by atoms with van der Waals surface area (Å²) in [6, 6.07) is 24.5. The molecule has 3 aromatic rings. The molecule has 0 spiro atoms. The van der Waals surface area contributed by atoms with Gasteiger partial charge in [0.1, 0.15) is 0 Å². The Morgan fingerprint density at radius 3 is 2.60 bits per heavy atom. The van der Waals surface area contributed by atoms with Crippen molar-refractivity contribution in [1.82, 2.24) is 15.2 Å². The highest BCUT2D eigenvalue weighted by atomic mass is 16.5. The number of amides is 1. The van der Waals surface area contributed by atoms with Crippen LogP contribution in [0.15, 0.2) is 79.0 Å². The van der Waals surface area contributed by atoms with Gasteiger partial charge in [-0.2, -0.15) is 0 Å². The molecule has 5 nitrogen and oxygen atoms in total. The van der Waals surface area contributed by atoms with E-state index in [9.17, 15) is 4.79 Å². The number of hydrogen-bond donors (Lipinski definition) is 1. The quantitative estimate of drug-likeness (QED) is 0.689. The van der Waals surface area contributed by atoms with E-state index < -0.39 is 5.60 Å². The van der Waals surface area contributed by atoms with Gasteiger partial charge in [0, 0.05) is 39.3 Å². The summed E-state index contributed by atoms with van der Waals surface area (Å²) in [4.78, 5) is 19.8. The minimum Gasteiger partial charge on any atom is -0.362 e. The molecule has 5 heteroatoms. The van der Waals surface area contributed by atoms with Crippen molar-refractivity contribution in [3.8, 4) is 11.1 Å². The predicted octanol–water partition coefficient (Wildman–Crippen LogP) is 3.31. The Hall–Kier alpha value is -3.02. The SMILES string of the molecule is CNC(=O)C1(Cc2ccccc2-c2ccccc2)CN(Cc2ccccn2)CCO1. The minimum absolute atomic E-state index is 0.0870. The Balaban J connectivity index is 1.63. The fourth-order valence-electron chi connectivity index (χ4n) is 4.15. The first kappa shape index (κ1) is 20.3. The van der Waals surface area contributed by atoms with E-state index in [4.69, 9.17) is 4.74 Å². The molecule has 1 aliphatic heterocycles. The smallest absolute Gasteiger partial charge is 0.253 e. The molecule has 30 heavy (non-hydrogen) atoms. The molecular weight excluding hydrogens is 374 g/mol. The molecule has 4 rings (SSSR count). The van der Waals surface area contributed by atoms with E-state index in [1.54, 1.807) is 13.2 Å². The third-order valence-electron chi connectivity index (χ3n) is 5.60. The number of nitrogens with one attached hydrogen (secondary N) is 1. The number of nitrogens with zero attached hydrogens (tertiary/aromatic N) is 2. The van der Waals surface area contributed by atoms with Crippen LogP contribution in [0.3, 0.4) is 0 Å². The molecule has 1 amide bonds. The lowest BCUT2D eigenvalue weighted by Gasteiger charge is -2.41. The zero-order valence-electron chi connectivity index (χ0n) is 17.3. The molecule has 0 saturated carbocycles. The second-order valence-electron chi connectivity index (χ2n) is 7.65. The number of ether oxygens (including phenoxy) is 1. The number of pyridine rings is 1. The van der Waals surface area contributed by atoms with Crippen molar-refractivity contribution in [3.05, 3.63) is 90.3 Å². The Bertz CT molecular complexity index is 978. The molecule has 0 bridgehead atoms. The maximum atomic E-state index is 13.1. The van der Waals surface area contributed by atoms with Crippen molar-refractivity contribution < 1.29 is 9.53 Å². The lowest BCUT2D eigenvalue weighted by atomic mass is 9.87. The topological polar surface area (TPSA) is 54.5 Å². The van der Waals surface area contributed by atoms with Crippen molar-refractivity contribution in [2.24, 2.45) is 0 Å². The summed E-state index contributed by atoms with van der Waals surface area (Å²) in [6.07, 6.45) is 2.31. The van der Waals surface area contributed by atoms with E-state index in [0.717, 1.165) is 28.9 Å². The molecular formula is C25H27N3O2. The van der Waals surface area contributed by atoms with E-state index in [2.05, 4.69) is 39.5 Å². The molecule has 1 N–H and O–H groups in total. The Kier molecular flexibility index (Phi) is 6.21. The van der Waals surface area contributed by atoms with Crippen LogP contribution in [-0.2, 0) is 22.5 Å². The van der Waals surface area contributed by atoms with Crippen LogP contribution in [-0.4, -0.2) is 48.1 Å². The van der Waals surface area contributed by atoms with Gasteiger partial charge in [0.05, 0.1) is 12.3 Å². The fraction of sp³-hybridized carbons (Fsp3) is 0.280. The van der Waals surface area contributed by atoms with Gasteiger partial charge >= 0.3 is 0 Å². The van der Waals surface area contributed by atoms with Gasteiger partial charge in [-0.1, -0.05) is 60.7 Å². The molecule has 2 heterocycles.